The molecule has 0 saturated carbocycles. The van der Waals surface area contributed by atoms with E-state index in [1.807, 2.05) is 13.1 Å². The molecule has 134 valence electrons. The number of imidazole rings is 1. The van der Waals surface area contributed by atoms with Crippen molar-refractivity contribution in [1.82, 2.24) is 9.38 Å². The zero-order valence-corrected chi connectivity index (χ0v) is 13.6. The van der Waals surface area contributed by atoms with Gasteiger partial charge in [0.15, 0.2) is 0 Å². The highest BCUT2D eigenvalue weighted by Crippen LogP contribution is 2.27. The number of nitrogens with zero attached hydrogens (tertiary/aromatic N) is 2. The molecule has 2 aromatic heterocycles. The predicted octanol–water partition coefficient (Wildman–Crippen LogP) is 4.19. The Balaban J connectivity index is 1.73. The number of anilines is 1. The van der Waals surface area contributed by atoms with Crippen LogP contribution in [0.2, 0.25) is 0 Å². The topological polar surface area (TPSA) is 55.6 Å². The van der Waals surface area contributed by atoms with E-state index in [0.29, 0.717) is 5.69 Å². The van der Waals surface area contributed by atoms with Crippen molar-refractivity contribution in [3.63, 3.8) is 0 Å². The van der Waals surface area contributed by atoms with Crippen molar-refractivity contribution < 1.29 is 22.7 Å². The molecule has 0 bridgehead atoms. The summed E-state index contributed by atoms with van der Waals surface area (Å²) in [5.74, 6) is -0.859. The van der Waals surface area contributed by atoms with Gasteiger partial charge in [-0.25, -0.2) is 4.98 Å². The maximum absolute atomic E-state index is 12.4. The number of para-hydroxylation sites is 1. The average molecular weight is 361 g/mol. The highest BCUT2D eigenvalue weighted by Gasteiger charge is 2.31. The number of alkyl halides is 3. The summed E-state index contributed by atoms with van der Waals surface area (Å²) in [6.07, 6.45) is 1.11. The van der Waals surface area contributed by atoms with Crippen LogP contribution in [0.25, 0.3) is 11.7 Å². The van der Waals surface area contributed by atoms with E-state index >= 15 is 0 Å². The molecule has 0 spiro atoms. The third kappa shape index (κ3) is 4.41. The van der Waals surface area contributed by atoms with Gasteiger partial charge in [-0.1, -0.05) is 18.2 Å². The molecule has 3 rings (SSSR count). The Bertz CT molecular complexity index is 977. The number of hydrogen-bond acceptors (Lipinski definition) is 3. The van der Waals surface area contributed by atoms with Crippen LogP contribution in [0.5, 0.6) is 5.75 Å². The summed E-state index contributed by atoms with van der Waals surface area (Å²) >= 11 is 0. The Morgan fingerprint density at radius 3 is 2.73 bits per heavy atom. The second-order valence-electron chi connectivity index (χ2n) is 5.47. The number of halogens is 3. The van der Waals surface area contributed by atoms with Crippen LogP contribution in [0.1, 0.15) is 11.3 Å². The highest BCUT2D eigenvalue weighted by molar-refractivity contribution is 6.02. The van der Waals surface area contributed by atoms with Crippen LogP contribution >= 0.6 is 0 Å². The Labute approximate surface area is 146 Å². The first-order chi connectivity index (χ1) is 12.3. The van der Waals surface area contributed by atoms with Crippen LogP contribution in [0.15, 0.2) is 54.9 Å². The summed E-state index contributed by atoms with van der Waals surface area (Å²) in [7, 11) is 0. The van der Waals surface area contributed by atoms with E-state index in [1.165, 1.54) is 24.3 Å². The molecule has 0 aliphatic rings. The molecular weight excluding hydrogens is 347 g/mol. The largest absolute Gasteiger partial charge is 0.573 e. The van der Waals surface area contributed by atoms with Gasteiger partial charge in [-0.2, -0.15) is 0 Å². The van der Waals surface area contributed by atoms with Crippen molar-refractivity contribution in [3.8, 4) is 5.75 Å². The lowest BCUT2D eigenvalue weighted by Gasteiger charge is -2.11. The van der Waals surface area contributed by atoms with Crippen molar-refractivity contribution in [2.45, 2.75) is 13.3 Å². The zero-order chi connectivity index (χ0) is 18.7. The molecule has 0 atom stereocenters. The molecule has 1 aromatic carbocycles. The van der Waals surface area contributed by atoms with E-state index in [4.69, 9.17) is 0 Å². The number of aromatic nitrogens is 2. The fraction of sp³-hybridized carbons (Fsp3) is 0.111. The number of rotatable bonds is 4. The number of nitrogens with one attached hydrogen (secondary N) is 1. The maximum atomic E-state index is 12.4. The summed E-state index contributed by atoms with van der Waals surface area (Å²) in [5.41, 5.74) is 2.26. The van der Waals surface area contributed by atoms with E-state index in [1.54, 1.807) is 28.8 Å². The molecule has 1 amide bonds. The van der Waals surface area contributed by atoms with Crippen LogP contribution in [0, 0.1) is 6.92 Å². The molecule has 0 radical (unpaired) electrons. The molecule has 5 nitrogen and oxygen atoms in total. The molecular formula is C18H14F3N3O2. The lowest BCUT2D eigenvalue weighted by molar-refractivity contribution is -0.274. The molecule has 0 aliphatic carbocycles. The first-order valence-electron chi connectivity index (χ1n) is 7.59. The van der Waals surface area contributed by atoms with E-state index in [0.717, 1.165) is 17.4 Å². The highest BCUT2D eigenvalue weighted by atomic mass is 19.4. The number of aryl methyl sites for hydroxylation is 1. The van der Waals surface area contributed by atoms with Crippen molar-refractivity contribution in [1.29, 1.82) is 0 Å². The quantitative estimate of drug-likeness (QED) is 0.709. The van der Waals surface area contributed by atoms with Gasteiger partial charge in [0, 0.05) is 24.0 Å². The van der Waals surface area contributed by atoms with Crippen LogP contribution < -0.4 is 10.1 Å². The molecule has 0 unspecified atom stereocenters. The van der Waals surface area contributed by atoms with Gasteiger partial charge < -0.3 is 14.5 Å². The first-order valence-corrected chi connectivity index (χ1v) is 7.59. The number of pyridine rings is 1. The molecule has 1 N–H and O–H groups in total. The van der Waals surface area contributed by atoms with Gasteiger partial charge >= 0.3 is 6.36 Å². The monoisotopic (exact) mass is 361 g/mol. The van der Waals surface area contributed by atoms with E-state index in [9.17, 15) is 18.0 Å². The van der Waals surface area contributed by atoms with Gasteiger partial charge in [-0.05, 0) is 31.2 Å². The van der Waals surface area contributed by atoms with Gasteiger partial charge in [-0.3, -0.25) is 4.79 Å². The number of benzene rings is 1. The normalized spacial score (nSPS) is 11.8. The Hall–Kier alpha value is -3.29. The lowest BCUT2D eigenvalue weighted by Crippen LogP contribution is -2.17. The smallest absolute Gasteiger partial charge is 0.405 e. The van der Waals surface area contributed by atoms with Crippen molar-refractivity contribution in [3.05, 3.63) is 66.1 Å². The lowest BCUT2D eigenvalue weighted by atomic mass is 10.2. The summed E-state index contributed by atoms with van der Waals surface area (Å²) in [4.78, 5) is 16.3. The second kappa shape index (κ2) is 6.91. The predicted molar refractivity (Wildman–Crippen MR) is 90.7 cm³/mol. The fourth-order valence-corrected chi connectivity index (χ4v) is 2.38. The van der Waals surface area contributed by atoms with E-state index in [-0.39, 0.29) is 11.3 Å². The van der Waals surface area contributed by atoms with Gasteiger partial charge in [0.05, 0.1) is 11.4 Å². The molecule has 2 heterocycles. The zero-order valence-electron chi connectivity index (χ0n) is 13.6. The Kier molecular flexibility index (Phi) is 4.66. The van der Waals surface area contributed by atoms with Crippen LogP contribution in [0.3, 0.4) is 0 Å². The number of ether oxygens (including phenoxy) is 1. The number of fused-ring (bicyclic) bond motifs is 1. The Morgan fingerprint density at radius 2 is 1.96 bits per heavy atom. The van der Waals surface area contributed by atoms with E-state index < -0.39 is 12.3 Å². The summed E-state index contributed by atoms with van der Waals surface area (Å²) in [5, 5.41) is 2.64. The van der Waals surface area contributed by atoms with Crippen molar-refractivity contribution >= 4 is 23.3 Å². The first kappa shape index (κ1) is 17.5. The van der Waals surface area contributed by atoms with Crippen LogP contribution in [-0.2, 0) is 4.79 Å². The van der Waals surface area contributed by atoms with Gasteiger partial charge in [0.1, 0.15) is 11.4 Å². The summed E-state index contributed by atoms with van der Waals surface area (Å²) in [6.45, 7) is 1.86. The molecule has 8 heteroatoms. The van der Waals surface area contributed by atoms with Gasteiger partial charge in [-0.15, -0.1) is 13.2 Å². The molecule has 3 aromatic rings. The van der Waals surface area contributed by atoms with Gasteiger partial charge in [0.25, 0.3) is 0 Å². The Morgan fingerprint density at radius 1 is 1.19 bits per heavy atom. The third-order valence-corrected chi connectivity index (χ3v) is 3.40. The molecule has 26 heavy (non-hydrogen) atoms. The van der Waals surface area contributed by atoms with Crippen LogP contribution in [0.4, 0.5) is 18.9 Å². The second-order valence-corrected chi connectivity index (χ2v) is 5.47. The number of hydrogen-bond donors (Lipinski definition) is 1. The number of carbonyl (C=O) groups is 1. The molecule has 0 aliphatic heterocycles. The maximum Gasteiger partial charge on any atom is 0.573 e. The minimum atomic E-state index is -4.80. The summed E-state index contributed by atoms with van der Waals surface area (Å²) in [6, 6.07) is 9.01. The van der Waals surface area contributed by atoms with Crippen molar-refractivity contribution in [2.75, 3.05) is 5.32 Å². The van der Waals surface area contributed by atoms with E-state index in [2.05, 4.69) is 15.0 Å². The van der Waals surface area contributed by atoms with Gasteiger partial charge in [0.2, 0.25) is 5.91 Å². The fourth-order valence-electron chi connectivity index (χ4n) is 2.38. The van der Waals surface area contributed by atoms with Crippen molar-refractivity contribution in [2.24, 2.45) is 0 Å². The third-order valence-electron chi connectivity index (χ3n) is 3.40. The summed E-state index contributed by atoms with van der Waals surface area (Å²) < 4.78 is 42.9. The SMILES string of the molecule is Cc1cn2cc(NC(=O)C=Cc3ccccc3OC(F)(F)F)ccc2n1. The standard InChI is InChI=1S/C18H14F3N3O2/c1-12-10-24-11-14(7-8-16(24)22-12)23-17(25)9-6-13-4-2-3-5-15(13)26-18(19,20)21/h2-11H,1H3,(H,23,25). The number of carbonyl (C=O) groups excluding carboxylic acids is 1. The minimum absolute atomic E-state index is 0.140. The molecule has 0 fully saturated rings. The number of amides is 1. The molecule has 0 saturated heterocycles. The minimum Gasteiger partial charge on any atom is -0.405 e. The average Bonchev–Trinajstić information content (AvgIpc) is 2.92. The van der Waals surface area contributed by atoms with Crippen LogP contribution in [-0.4, -0.2) is 21.7 Å².